The Balaban J connectivity index is 0. The lowest BCUT2D eigenvalue weighted by molar-refractivity contribution is -0.149. The summed E-state index contributed by atoms with van der Waals surface area (Å²) in [4.78, 5) is 31.3. The third-order valence-electron chi connectivity index (χ3n) is 1.49. The molecule has 0 amide bonds. The second-order valence-electron chi connectivity index (χ2n) is 3.03. The number of ether oxygens (including phenoxy) is 3. The van der Waals surface area contributed by atoms with Gasteiger partial charge in [0, 0.05) is 6.92 Å². The lowest BCUT2D eigenvalue weighted by Gasteiger charge is -2.01. The zero-order chi connectivity index (χ0) is 14.4. The highest BCUT2D eigenvalue weighted by Crippen LogP contribution is 1.95. The molecule has 6 nitrogen and oxygen atoms in total. The van der Waals surface area contributed by atoms with Crippen molar-refractivity contribution in [3.05, 3.63) is 0 Å². The average molecular weight is 262 g/mol. The summed E-state index contributed by atoms with van der Waals surface area (Å²) in [6.07, 6.45) is 0.208. The molecular formula is C12H22O6. The summed E-state index contributed by atoms with van der Waals surface area (Å²) in [5, 5.41) is 0. The van der Waals surface area contributed by atoms with Crippen LogP contribution in [-0.2, 0) is 28.6 Å². The van der Waals surface area contributed by atoms with Gasteiger partial charge in [0.2, 0.25) is 0 Å². The van der Waals surface area contributed by atoms with Crippen molar-refractivity contribution in [1.82, 2.24) is 0 Å². The molecule has 0 fully saturated rings. The molecule has 0 atom stereocenters. The number of carbonyl (C=O) groups excluding carboxylic acids is 3. The van der Waals surface area contributed by atoms with E-state index in [1.54, 1.807) is 20.8 Å². The first-order chi connectivity index (χ1) is 8.47. The average Bonchev–Trinajstić information content (AvgIpc) is 2.28. The molecule has 0 rings (SSSR count). The number of hydrogen-bond acceptors (Lipinski definition) is 6. The van der Waals surface area contributed by atoms with Crippen LogP contribution in [0.3, 0.4) is 0 Å². The molecule has 0 spiro atoms. The second kappa shape index (κ2) is 13.5. The molecule has 0 saturated heterocycles. The van der Waals surface area contributed by atoms with Crippen LogP contribution in [0.1, 0.15) is 40.5 Å². The van der Waals surface area contributed by atoms with Crippen LogP contribution in [0.25, 0.3) is 0 Å². The van der Waals surface area contributed by atoms with E-state index in [-0.39, 0.29) is 30.7 Å². The van der Waals surface area contributed by atoms with E-state index in [1.807, 2.05) is 0 Å². The Morgan fingerprint density at radius 2 is 1.06 bits per heavy atom. The van der Waals surface area contributed by atoms with Crippen LogP contribution in [0.2, 0.25) is 0 Å². The van der Waals surface area contributed by atoms with Crippen molar-refractivity contribution >= 4 is 17.9 Å². The van der Waals surface area contributed by atoms with Gasteiger partial charge in [0.1, 0.15) is 0 Å². The fourth-order valence-electron chi connectivity index (χ4n) is 0.874. The molecule has 18 heavy (non-hydrogen) atoms. The van der Waals surface area contributed by atoms with Crippen LogP contribution in [0.4, 0.5) is 0 Å². The Hall–Kier alpha value is -1.59. The molecule has 0 N–H and O–H groups in total. The Kier molecular flexibility index (Phi) is 14.0. The topological polar surface area (TPSA) is 78.9 Å². The molecule has 0 aliphatic carbocycles. The van der Waals surface area contributed by atoms with Gasteiger partial charge in [-0.15, -0.1) is 0 Å². The number of hydrogen-bond donors (Lipinski definition) is 0. The Bertz CT molecular complexity index is 231. The maximum Gasteiger partial charge on any atom is 0.306 e. The van der Waals surface area contributed by atoms with Gasteiger partial charge in [-0.25, -0.2) is 0 Å². The van der Waals surface area contributed by atoms with Crippen molar-refractivity contribution in [1.29, 1.82) is 0 Å². The van der Waals surface area contributed by atoms with Crippen LogP contribution < -0.4 is 0 Å². The zero-order valence-electron chi connectivity index (χ0n) is 11.5. The summed E-state index contributed by atoms with van der Waals surface area (Å²) in [5.41, 5.74) is 0. The van der Waals surface area contributed by atoms with Crippen molar-refractivity contribution in [2.75, 3.05) is 19.8 Å². The molecule has 0 aliphatic heterocycles. The largest absolute Gasteiger partial charge is 0.466 e. The Labute approximate surface area is 108 Å². The van der Waals surface area contributed by atoms with E-state index >= 15 is 0 Å². The maximum absolute atomic E-state index is 10.7. The molecule has 0 aromatic rings. The predicted octanol–water partition coefficient (Wildman–Crippen LogP) is 1.46. The molecule has 0 unspecified atom stereocenters. The highest BCUT2D eigenvalue weighted by atomic mass is 16.5. The highest BCUT2D eigenvalue weighted by Gasteiger charge is 2.06. The summed E-state index contributed by atoms with van der Waals surface area (Å²) in [6.45, 7) is 7.80. The lowest BCUT2D eigenvalue weighted by atomic mass is 10.3. The first-order valence-corrected chi connectivity index (χ1v) is 5.92. The normalized spacial score (nSPS) is 8.67. The quantitative estimate of drug-likeness (QED) is 0.532. The zero-order valence-corrected chi connectivity index (χ0v) is 11.5. The van der Waals surface area contributed by atoms with E-state index in [2.05, 4.69) is 14.2 Å². The minimum absolute atomic E-state index is 0.104. The van der Waals surface area contributed by atoms with Crippen LogP contribution in [0.5, 0.6) is 0 Å². The molecular weight excluding hydrogens is 240 g/mol. The minimum Gasteiger partial charge on any atom is -0.466 e. The molecule has 0 aromatic heterocycles. The summed E-state index contributed by atoms with van der Waals surface area (Å²) < 4.78 is 13.7. The van der Waals surface area contributed by atoms with Gasteiger partial charge in [-0.3, -0.25) is 14.4 Å². The van der Waals surface area contributed by atoms with Gasteiger partial charge < -0.3 is 14.2 Å². The van der Waals surface area contributed by atoms with Crippen LogP contribution in [0, 0.1) is 0 Å². The fraction of sp³-hybridized carbons (Fsp3) is 0.750. The molecule has 0 heterocycles. The van der Waals surface area contributed by atoms with Gasteiger partial charge in [0.15, 0.2) is 0 Å². The molecule has 0 aliphatic rings. The van der Waals surface area contributed by atoms with Crippen LogP contribution >= 0.6 is 0 Å². The predicted molar refractivity (Wildman–Crippen MR) is 64.8 cm³/mol. The van der Waals surface area contributed by atoms with Crippen LogP contribution in [-0.4, -0.2) is 37.7 Å². The summed E-state index contributed by atoms with van der Waals surface area (Å²) >= 11 is 0. The van der Waals surface area contributed by atoms with Crippen molar-refractivity contribution in [3.8, 4) is 0 Å². The highest BCUT2D eigenvalue weighted by molar-refractivity contribution is 5.77. The van der Waals surface area contributed by atoms with Gasteiger partial charge in [0.25, 0.3) is 0 Å². The maximum atomic E-state index is 10.7. The molecule has 0 saturated carbocycles. The summed E-state index contributed by atoms with van der Waals surface area (Å²) in [7, 11) is 0. The van der Waals surface area contributed by atoms with Gasteiger partial charge >= 0.3 is 17.9 Å². The number of carbonyl (C=O) groups is 3. The molecule has 106 valence electrons. The van der Waals surface area contributed by atoms with Crippen molar-refractivity contribution in [2.45, 2.75) is 40.5 Å². The minimum atomic E-state index is -0.356. The first-order valence-electron chi connectivity index (χ1n) is 5.92. The first kappa shape index (κ1) is 18.8. The van der Waals surface area contributed by atoms with Gasteiger partial charge in [-0.2, -0.15) is 0 Å². The third-order valence-corrected chi connectivity index (χ3v) is 1.49. The molecule has 0 radical (unpaired) electrons. The Morgan fingerprint density at radius 1 is 0.722 bits per heavy atom. The fourth-order valence-corrected chi connectivity index (χ4v) is 0.874. The van der Waals surface area contributed by atoms with E-state index in [0.717, 1.165) is 0 Å². The van der Waals surface area contributed by atoms with Crippen molar-refractivity contribution < 1.29 is 28.6 Å². The SMILES string of the molecule is CCOC(=O)CCC(=O)OCC.CCOC(C)=O. The summed E-state index contributed by atoms with van der Waals surface area (Å²) in [5.74, 6) is -0.923. The number of esters is 3. The Morgan fingerprint density at radius 3 is 1.22 bits per heavy atom. The lowest BCUT2D eigenvalue weighted by Crippen LogP contribution is -2.09. The molecule has 6 heteroatoms. The molecule has 0 bridgehead atoms. The van der Waals surface area contributed by atoms with Gasteiger partial charge in [-0.1, -0.05) is 0 Å². The molecule has 0 aromatic carbocycles. The van der Waals surface area contributed by atoms with Crippen LogP contribution in [0.15, 0.2) is 0 Å². The van der Waals surface area contributed by atoms with E-state index in [4.69, 9.17) is 0 Å². The third kappa shape index (κ3) is 16.8. The monoisotopic (exact) mass is 262 g/mol. The van der Waals surface area contributed by atoms with E-state index < -0.39 is 0 Å². The van der Waals surface area contributed by atoms with Gasteiger partial charge in [-0.05, 0) is 20.8 Å². The standard InChI is InChI=1S/C8H14O4.C4H8O2/c1-3-11-7(9)5-6-8(10)12-4-2;1-3-6-4(2)5/h3-6H2,1-2H3;3H2,1-2H3. The summed E-state index contributed by atoms with van der Waals surface area (Å²) in [6, 6.07) is 0. The van der Waals surface area contributed by atoms with E-state index in [9.17, 15) is 14.4 Å². The van der Waals surface area contributed by atoms with E-state index in [0.29, 0.717) is 19.8 Å². The van der Waals surface area contributed by atoms with Gasteiger partial charge in [0.05, 0.1) is 32.7 Å². The van der Waals surface area contributed by atoms with E-state index in [1.165, 1.54) is 6.92 Å². The van der Waals surface area contributed by atoms with Crippen molar-refractivity contribution in [2.24, 2.45) is 0 Å². The second-order valence-corrected chi connectivity index (χ2v) is 3.03. The van der Waals surface area contributed by atoms with Crippen molar-refractivity contribution in [3.63, 3.8) is 0 Å². The smallest absolute Gasteiger partial charge is 0.306 e. The number of rotatable bonds is 6.